The summed E-state index contributed by atoms with van der Waals surface area (Å²) >= 11 is 0. The van der Waals surface area contributed by atoms with Gasteiger partial charge in [-0.25, -0.2) is 0 Å². The van der Waals surface area contributed by atoms with Crippen LogP contribution in [0.4, 0.5) is 0 Å². The molecule has 0 radical (unpaired) electrons. The largest absolute Gasteiger partial charge is 0.480 e. The fraction of sp³-hybridized carbons (Fsp3) is 0.625. The molecule has 0 saturated carbocycles. The van der Waals surface area contributed by atoms with Gasteiger partial charge < -0.3 is 25.1 Å². The van der Waals surface area contributed by atoms with Crippen LogP contribution in [0, 0.1) is 5.41 Å². The maximum absolute atomic E-state index is 11.0. The van der Waals surface area contributed by atoms with E-state index in [9.17, 15) is 18.9 Å². The van der Waals surface area contributed by atoms with Crippen LogP contribution in [0.3, 0.4) is 0 Å². The standard InChI is InChI=1S/C8H13O9P/c1-2-4(18(15,16)17)3-8(5(9)10,6(11)12)7(13)14/h4H,2-3H2,1H3,(H,9,10)(H,11,12)(H,13,14)(H2,15,16,17). The average molecular weight is 284 g/mol. The van der Waals surface area contributed by atoms with E-state index in [4.69, 9.17) is 25.1 Å². The van der Waals surface area contributed by atoms with Crippen molar-refractivity contribution in [3.05, 3.63) is 0 Å². The minimum Gasteiger partial charge on any atom is -0.480 e. The number of carboxylic acid groups (broad SMARTS) is 3. The zero-order valence-electron chi connectivity index (χ0n) is 9.31. The van der Waals surface area contributed by atoms with Crippen molar-refractivity contribution in [1.82, 2.24) is 0 Å². The first-order valence-electron chi connectivity index (χ1n) is 4.75. The molecule has 18 heavy (non-hydrogen) atoms. The van der Waals surface area contributed by atoms with E-state index in [2.05, 4.69) is 0 Å². The zero-order chi connectivity index (χ0) is 14.7. The summed E-state index contributed by atoms with van der Waals surface area (Å²) in [4.78, 5) is 50.4. The lowest BCUT2D eigenvalue weighted by Gasteiger charge is -2.25. The van der Waals surface area contributed by atoms with Gasteiger partial charge in [0.05, 0.1) is 5.66 Å². The Morgan fingerprint density at radius 2 is 1.39 bits per heavy atom. The predicted octanol–water partition coefficient (Wildman–Crippen LogP) is -0.427. The molecule has 0 spiro atoms. The van der Waals surface area contributed by atoms with Gasteiger partial charge in [0.15, 0.2) is 0 Å². The molecule has 0 bridgehead atoms. The van der Waals surface area contributed by atoms with Crippen LogP contribution >= 0.6 is 7.60 Å². The number of aliphatic carboxylic acids is 3. The van der Waals surface area contributed by atoms with Crippen molar-refractivity contribution in [2.24, 2.45) is 5.41 Å². The van der Waals surface area contributed by atoms with Crippen molar-refractivity contribution in [2.45, 2.75) is 25.4 Å². The van der Waals surface area contributed by atoms with Gasteiger partial charge >= 0.3 is 25.5 Å². The molecule has 0 saturated heterocycles. The summed E-state index contributed by atoms with van der Waals surface area (Å²) in [5, 5.41) is 26.3. The molecular formula is C8H13O9P. The zero-order valence-corrected chi connectivity index (χ0v) is 10.2. The van der Waals surface area contributed by atoms with Crippen molar-refractivity contribution in [2.75, 3.05) is 0 Å². The minimum atomic E-state index is -4.78. The van der Waals surface area contributed by atoms with Crippen LogP contribution in [-0.4, -0.2) is 48.7 Å². The number of hydrogen-bond acceptors (Lipinski definition) is 4. The number of carbonyl (C=O) groups is 3. The highest BCUT2D eigenvalue weighted by Gasteiger charge is 2.57. The molecule has 0 amide bonds. The van der Waals surface area contributed by atoms with Crippen LogP contribution in [0.15, 0.2) is 0 Å². The minimum absolute atomic E-state index is 0.250. The lowest BCUT2D eigenvalue weighted by atomic mass is 9.82. The fourth-order valence-electron chi connectivity index (χ4n) is 1.39. The second-order valence-corrected chi connectivity index (χ2v) is 5.58. The summed E-state index contributed by atoms with van der Waals surface area (Å²) in [6.07, 6.45) is -1.44. The summed E-state index contributed by atoms with van der Waals surface area (Å²) in [6.45, 7) is 1.29. The fourth-order valence-corrected chi connectivity index (χ4v) is 2.38. The molecule has 104 valence electrons. The molecule has 0 rings (SSSR count). The van der Waals surface area contributed by atoms with Crippen LogP contribution in [0.1, 0.15) is 19.8 Å². The number of rotatable bonds is 7. The van der Waals surface area contributed by atoms with Gasteiger partial charge in [-0.1, -0.05) is 6.92 Å². The first-order valence-corrected chi connectivity index (χ1v) is 6.43. The highest BCUT2D eigenvalue weighted by molar-refractivity contribution is 7.52. The Balaban J connectivity index is 5.64. The van der Waals surface area contributed by atoms with Gasteiger partial charge in [-0.15, -0.1) is 0 Å². The first kappa shape index (κ1) is 16.6. The molecule has 0 aliphatic carbocycles. The lowest BCUT2D eigenvalue weighted by molar-refractivity contribution is -0.176. The van der Waals surface area contributed by atoms with Crippen molar-refractivity contribution in [1.29, 1.82) is 0 Å². The maximum atomic E-state index is 11.0. The SMILES string of the molecule is CCC(CC(C(=O)O)(C(=O)O)C(=O)O)P(=O)(O)O. The molecule has 1 unspecified atom stereocenters. The summed E-state index contributed by atoms with van der Waals surface area (Å²) < 4.78 is 11.0. The van der Waals surface area contributed by atoms with E-state index in [1.165, 1.54) is 6.92 Å². The second kappa shape index (κ2) is 5.47. The van der Waals surface area contributed by atoms with Crippen LogP contribution in [0.2, 0.25) is 0 Å². The van der Waals surface area contributed by atoms with E-state index < -0.39 is 43.0 Å². The smallest absolute Gasteiger partial charge is 0.332 e. The monoisotopic (exact) mass is 284 g/mol. The lowest BCUT2D eigenvalue weighted by Crippen LogP contribution is -2.48. The Bertz CT molecular complexity index is 373. The molecule has 0 aromatic carbocycles. The Kier molecular flexibility index (Phi) is 5.03. The van der Waals surface area contributed by atoms with E-state index in [1.807, 2.05) is 0 Å². The molecule has 9 nitrogen and oxygen atoms in total. The van der Waals surface area contributed by atoms with Gasteiger partial charge in [0.25, 0.3) is 5.41 Å². The van der Waals surface area contributed by atoms with Crippen molar-refractivity contribution >= 4 is 25.5 Å². The van der Waals surface area contributed by atoms with Gasteiger partial charge in [0, 0.05) is 0 Å². The summed E-state index contributed by atoms with van der Waals surface area (Å²) in [7, 11) is -4.78. The predicted molar refractivity (Wildman–Crippen MR) is 56.1 cm³/mol. The normalized spacial score (nSPS) is 13.9. The van der Waals surface area contributed by atoms with E-state index in [0.29, 0.717) is 0 Å². The highest BCUT2D eigenvalue weighted by atomic mass is 31.2. The van der Waals surface area contributed by atoms with Crippen LogP contribution in [0.5, 0.6) is 0 Å². The molecule has 0 aliphatic rings. The highest BCUT2D eigenvalue weighted by Crippen LogP contribution is 2.48. The third-order valence-electron chi connectivity index (χ3n) is 2.58. The maximum Gasteiger partial charge on any atom is 0.332 e. The molecule has 10 heteroatoms. The van der Waals surface area contributed by atoms with Crippen LogP contribution in [-0.2, 0) is 18.9 Å². The number of carboxylic acids is 3. The van der Waals surface area contributed by atoms with Gasteiger partial charge in [-0.3, -0.25) is 18.9 Å². The van der Waals surface area contributed by atoms with Gasteiger partial charge in [-0.2, -0.15) is 0 Å². The van der Waals surface area contributed by atoms with E-state index in [1.54, 1.807) is 0 Å². The average Bonchev–Trinajstić information content (AvgIpc) is 2.15. The number of hydrogen-bond donors (Lipinski definition) is 5. The van der Waals surface area contributed by atoms with Gasteiger partial charge in [0.2, 0.25) is 0 Å². The molecule has 0 aliphatic heterocycles. The van der Waals surface area contributed by atoms with E-state index in [0.717, 1.165) is 0 Å². The molecule has 0 fully saturated rings. The van der Waals surface area contributed by atoms with Crippen LogP contribution < -0.4 is 0 Å². The Morgan fingerprint density at radius 3 is 1.56 bits per heavy atom. The van der Waals surface area contributed by atoms with Crippen molar-refractivity contribution < 1.29 is 44.1 Å². The van der Waals surface area contributed by atoms with Gasteiger partial charge in [-0.05, 0) is 12.8 Å². The summed E-state index contributed by atoms with van der Waals surface area (Å²) in [5.41, 5.74) is -4.91. The molecular weight excluding hydrogens is 271 g/mol. The Hall–Kier alpha value is -1.44. The summed E-state index contributed by atoms with van der Waals surface area (Å²) in [6, 6.07) is 0. The summed E-state index contributed by atoms with van der Waals surface area (Å²) in [5.74, 6) is -6.52. The quantitative estimate of drug-likeness (QED) is 0.307. The Labute approximate surface area is 101 Å². The molecule has 0 aromatic heterocycles. The molecule has 5 N–H and O–H groups in total. The van der Waals surface area contributed by atoms with E-state index >= 15 is 0 Å². The molecule has 0 heterocycles. The Morgan fingerprint density at radius 1 is 1.06 bits per heavy atom. The first-order chi connectivity index (χ1) is 8.00. The van der Waals surface area contributed by atoms with E-state index in [-0.39, 0.29) is 6.42 Å². The van der Waals surface area contributed by atoms with Crippen molar-refractivity contribution in [3.63, 3.8) is 0 Å². The topological polar surface area (TPSA) is 169 Å². The van der Waals surface area contributed by atoms with Crippen molar-refractivity contribution in [3.8, 4) is 0 Å². The van der Waals surface area contributed by atoms with Gasteiger partial charge in [0.1, 0.15) is 0 Å². The van der Waals surface area contributed by atoms with Crippen LogP contribution in [0.25, 0.3) is 0 Å². The third-order valence-corrected chi connectivity index (χ3v) is 4.08. The second-order valence-electron chi connectivity index (χ2n) is 3.68. The molecule has 1 atom stereocenters. The molecule has 0 aromatic rings. The third kappa shape index (κ3) is 3.06.